The summed E-state index contributed by atoms with van der Waals surface area (Å²) in [5.41, 5.74) is 3.84. The Kier molecular flexibility index (Phi) is 7.17. The Bertz CT molecular complexity index is 1430. The van der Waals surface area contributed by atoms with Gasteiger partial charge in [-0.3, -0.25) is 19.5 Å². The van der Waals surface area contributed by atoms with Crippen molar-refractivity contribution in [2.24, 2.45) is 0 Å². The van der Waals surface area contributed by atoms with Crippen LogP contribution in [0.4, 0.5) is 11.4 Å². The van der Waals surface area contributed by atoms with Crippen LogP contribution >= 0.6 is 0 Å². The van der Waals surface area contributed by atoms with Gasteiger partial charge in [0.2, 0.25) is 5.91 Å². The van der Waals surface area contributed by atoms with E-state index in [1.807, 2.05) is 48.5 Å². The number of pyridine rings is 1. The van der Waals surface area contributed by atoms with Crippen LogP contribution in [0.3, 0.4) is 0 Å². The lowest BCUT2D eigenvalue weighted by Gasteiger charge is -2.35. The normalized spacial score (nSPS) is 17.4. The van der Waals surface area contributed by atoms with Crippen LogP contribution in [0, 0.1) is 0 Å². The summed E-state index contributed by atoms with van der Waals surface area (Å²) in [6.07, 6.45) is 5.26. The molecule has 0 fully saturated rings. The van der Waals surface area contributed by atoms with Gasteiger partial charge in [0.25, 0.3) is 5.91 Å². The van der Waals surface area contributed by atoms with Crippen LogP contribution in [-0.4, -0.2) is 44.5 Å². The second-order valence-corrected chi connectivity index (χ2v) is 10.6. The summed E-state index contributed by atoms with van der Waals surface area (Å²) in [4.78, 5) is 40.8. The molecule has 0 saturated heterocycles. The average molecular weight is 525 g/mol. The van der Waals surface area contributed by atoms with Gasteiger partial charge >= 0.3 is 0 Å². The van der Waals surface area contributed by atoms with Gasteiger partial charge in [-0.15, -0.1) is 0 Å². The molecule has 0 radical (unpaired) electrons. The minimum absolute atomic E-state index is 0.0891. The second-order valence-electron chi connectivity index (χ2n) is 10.6. The van der Waals surface area contributed by atoms with Gasteiger partial charge < -0.3 is 20.7 Å². The third-order valence-corrected chi connectivity index (χ3v) is 6.93. The number of β-amino-alcohol motifs (C(OH)–C–C–N with tert-alkyl or cyclic N) is 1. The molecule has 3 heterocycles. The first kappa shape index (κ1) is 26.1. The van der Waals surface area contributed by atoms with E-state index in [0.717, 1.165) is 16.8 Å². The third kappa shape index (κ3) is 5.39. The number of amides is 2. The number of rotatable bonds is 6. The highest BCUT2D eigenvalue weighted by atomic mass is 16.3. The van der Waals surface area contributed by atoms with E-state index < -0.39 is 30.0 Å². The predicted octanol–water partition coefficient (Wildman–Crippen LogP) is 4.13. The number of fused-ring (bicyclic) bond motifs is 1. The molecule has 2 amide bonds. The zero-order valence-corrected chi connectivity index (χ0v) is 22.1. The van der Waals surface area contributed by atoms with E-state index in [2.05, 4.69) is 46.4 Å². The third-order valence-electron chi connectivity index (χ3n) is 6.93. The molecule has 2 aromatic carbocycles. The Morgan fingerprint density at radius 1 is 1.08 bits per heavy atom. The molecule has 2 aromatic heterocycles. The van der Waals surface area contributed by atoms with E-state index in [1.165, 1.54) is 17.4 Å². The first-order chi connectivity index (χ1) is 18.7. The molecule has 0 spiro atoms. The number of aliphatic hydroxyl groups excluding tert-OH is 1. The van der Waals surface area contributed by atoms with Crippen molar-refractivity contribution in [1.29, 1.82) is 0 Å². The minimum Gasteiger partial charge on any atom is -0.389 e. The van der Waals surface area contributed by atoms with Crippen molar-refractivity contribution in [3.8, 4) is 0 Å². The van der Waals surface area contributed by atoms with Crippen LogP contribution in [0.1, 0.15) is 60.0 Å². The average Bonchev–Trinajstić information content (AvgIpc) is 3.48. The lowest BCUT2D eigenvalue weighted by atomic mass is 9.87. The first-order valence-corrected chi connectivity index (χ1v) is 12.9. The van der Waals surface area contributed by atoms with Gasteiger partial charge in [0.15, 0.2) is 0 Å². The SMILES string of the molecule is CC(C)(C)c1ccc(N(C(=O)c2c[nH]cn2)C(C(=O)N[C@@H]2c3ccccc3NC[C@H]2O)c2cccnc2)cc1. The number of hydrogen-bond donors (Lipinski definition) is 4. The highest BCUT2D eigenvalue weighted by Gasteiger charge is 2.38. The fraction of sp³-hybridized carbons (Fsp3) is 0.267. The summed E-state index contributed by atoms with van der Waals surface area (Å²) in [6, 6.07) is 16.9. The van der Waals surface area contributed by atoms with E-state index in [4.69, 9.17) is 0 Å². The van der Waals surface area contributed by atoms with Gasteiger partial charge in [0.05, 0.1) is 18.5 Å². The standard InChI is InChI=1S/C30H32N6O3/c1-30(2,3)20-10-12-21(13-11-20)36(29(39)24-16-32-18-34-24)27(19-7-6-14-31-15-19)28(38)35-26-22-8-4-5-9-23(22)33-17-25(26)37/h4-16,18,25-27,33,37H,17H2,1-3H3,(H,32,34)(H,35,38)/t25-,26-,27?/m1/s1. The molecule has 3 atom stereocenters. The van der Waals surface area contributed by atoms with Crippen molar-refractivity contribution in [2.75, 3.05) is 16.8 Å². The van der Waals surface area contributed by atoms with Crippen LogP contribution in [-0.2, 0) is 10.2 Å². The Labute approximate surface area is 227 Å². The van der Waals surface area contributed by atoms with Crippen LogP contribution in [0.15, 0.2) is 85.6 Å². The van der Waals surface area contributed by atoms with Crippen LogP contribution in [0.25, 0.3) is 0 Å². The number of carbonyl (C=O) groups excluding carboxylic acids is 2. The number of aromatic amines is 1. The molecule has 5 rings (SSSR count). The smallest absolute Gasteiger partial charge is 0.279 e. The summed E-state index contributed by atoms with van der Waals surface area (Å²) >= 11 is 0. The van der Waals surface area contributed by atoms with Gasteiger partial charge in [0.1, 0.15) is 11.7 Å². The number of nitrogens with one attached hydrogen (secondary N) is 3. The van der Waals surface area contributed by atoms with E-state index in [9.17, 15) is 14.7 Å². The number of imidazole rings is 1. The van der Waals surface area contributed by atoms with Crippen LogP contribution in [0.5, 0.6) is 0 Å². The Hall–Kier alpha value is -4.50. The zero-order chi connectivity index (χ0) is 27.6. The zero-order valence-electron chi connectivity index (χ0n) is 22.1. The number of H-pyrrole nitrogens is 1. The Balaban J connectivity index is 1.59. The van der Waals surface area contributed by atoms with Crippen LogP contribution < -0.4 is 15.5 Å². The number of benzene rings is 2. The maximum atomic E-state index is 14.2. The monoisotopic (exact) mass is 524 g/mol. The highest BCUT2D eigenvalue weighted by molar-refractivity contribution is 6.09. The molecule has 0 bridgehead atoms. The summed E-state index contributed by atoms with van der Waals surface area (Å²) in [6.45, 7) is 6.62. The van der Waals surface area contributed by atoms with Gasteiger partial charge in [-0.25, -0.2) is 4.98 Å². The van der Waals surface area contributed by atoms with Crippen molar-refractivity contribution in [3.63, 3.8) is 0 Å². The van der Waals surface area contributed by atoms with E-state index in [-0.39, 0.29) is 17.7 Å². The number of para-hydroxylation sites is 1. The Morgan fingerprint density at radius 3 is 2.51 bits per heavy atom. The maximum Gasteiger partial charge on any atom is 0.279 e. The van der Waals surface area contributed by atoms with E-state index >= 15 is 0 Å². The molecule has 0 aliphatic carbocycles. The molecule has 9 heteroatoms. The molecule has 4 aromatic rings. The van der Waals surface area contributed by atoms with Gasteiger partial charge in [0, 0.05) is 47.6 Å². The fourth-order valence-electron chi connectivity index (χ4n) is 4.84. The van der Waals surface area contributed by atoms with Gasteiger partial charge in [-0.2, -0.15) is 0 Å². The number of aromatic nitrogens is 3. The van der Waals surface area contributed by atoms with Crippen molar-refractivity contribution in [1.82, 2.24) is 20.3 Å². The maximum absolute atomic E-state index is 14.2. The minimum atomic E-state index is -1.09. The summed E-state index contributed by atoms with van der Waals surface area (Å²) in [5, 5.41) is 17.1. The van der Waals surface area contributed by atoms with E-state index in [1.54, 1.807) is 24.5 Å². The number of aliphatic hydroxyl groups is 1. The molecular weight excluding hydrogens is 492 g/mol. The number of anilines is 2. The topological polar surface area (TPSA) is 123 Å². The van der Waals surface area contributed by atoms with Crippen molar-refractivity contribution in [3.05, 3.63) is 108 Å². The molecule has 1 unspecified atom stereocenters. The number of carbonyl (C=O) groups is 2. The molecule has 1 aliphatic heterocycles. The molecule has 1 aliphatic rings. The molecule has 0 saturated carbocycles. The predicted molar refractivity (Wildman–Crippen MR) is 149 cm³/mol. The lowest BCUT2D eigenvalue weighted by Crippen LogP contribution is -2.49. The van der Waals surface area contributed by atoms with Crippen molar-refractivity contribution < 1.29 is 14.7 Å². The first-order valence-electron chi connectivity index (χ1n) is 12.9. The molecule has 200 valence electrons. The number of hydrogen-bond acceptors (Lipinski definition) is 6. The summed E-state index contributed by atoms with van der Waals surface area (Å²) < 4.78 is 0. The number of nitrogens with zero attached hydrogens (tertiary/aromatic N) is 3. The molecule has 9 nitrogen and oxygen atoms in total. The van der Waals surface area contributed by atoms with Gasteiger partial charge in [-0.1, -0.05) is 57.2 Å². The summed E-state index contributed by atoms with van der Waals surface area (Å²) in [5.74, 6) is -0.900. The summed E-state index contributed by atoms with van der Waals surface area (Å²) in [7, 11) is 0. The molecule has 39 heavy (non-hydrogen) atoms. The molecule has 4 N–H and O–H groups in total. The lowest BCUT2D eigenvalue weighted by molar-refractivity contribution is -0.124. The van der Waals surface area contributed by atoms with Gasteiger partial charge in [-0.05, 0) is 35.2 Å². The van der Waals surface area contributed by atoms with E-state index in [0.29, 0.717) is 11.3 Å². The fourth-order valence-corrected chi connectivity index (χ4v) is 4.84. The van der Waals surface area contributed by atoms with Crippen LogP contribution in [0.2, 0.25) is 0 Å². The quantitative estimate of drug-likeness (QED) is 0.301. The van der Waals surface area contributed by atoms with Crippen molar-refractivity contribution >= 4 is 23.2 Å². The second kappa shape index (κ2) is 10.7. The molecular formula is C30H32N6O3. The van der Waals surface area contributed by atoms with Crippen molar-refractivity contribution in [2.45, 2.75) is 44.4 Å². The largest absolute Gasteiger partial charge is 0.389 e. The highest BCUT2D eigenvalue weighted by Crippen LogP contribution is 2.34. The Morgan fingerprint density at radius 2 is 1.85 bits per heavy atom.